The van der Waals surface area contributed by atoms with Crippen molar-refractivity contribution in [3.63, 3.8) is 0 Å². The molecule has 0 saturated heterocycles. The molecule has 1 aliphatic heterocycles. The zero-order chi connectivity index (χ0) is 20.2. The number of esters is 1. The third kappa shape index (κ3) is 4.04. The van der Waals surface area contributed by atoms with E-state index >= 15 is 0 Å². The smallest absolute Gasteiger partial charge is 0.343 e. The van der Waals surface area contributed by atoms with E-state index in [2.05, 4.69) is 4.74 Å². The molecular weight excluding hydrogens is 368 g/mol. The Morgan fingerprint density at radius 1 is 0.966 bits per heavy atom. The molecule has 29 heavy (non-hydrogen) atoms. The number of ether oxygens (including phenoxy) is 3. The second-order valence-electron chi connectivity index (χ2n) is 6.45. The minimum atomic E-state index is -0.484. The maximum Gasteiger partial charge on any atom is 0.343 e. The third-order valence-corrected chi connectivity index (χ3v) is 4.54. The standard InChI is InChI=1S/C24H18O5/c1-27-23(25)15-28-19-11-12-20-21(14-19)29-22(24(20)26)13-16-7-9-18(10-8-16)17-5-3-2-4-6-17/h2-14H,15H2,1H3/b22-13-. The molecule has 3 aromatic carbocycles. The highest BCUT2D eigenvalue weighted by Crippen LogP contribution is 2.35. The van der Waals surface area contributed by atoms with Crippen LogP contribution in [0.1, 0.15) is 15.9 Å². The Morgan fingerprint density at radius 3 is 2.41 bits per heavy atom. The lowest BCUT2D eigenvalue weighted by molar-refractivity contribution is -0.142. The molecule has 0 saturated carbocycles. The van der Waals surface area contributed by atoms with E-state index in [9.17, 15) is 9.59 Å². The number of Topliss-reactive ketones (excluding diaryl/α,β-unsaturated/α-hetero) is 1. The number of benzene rings is 3. The summed E-state index contributed by atoms with van der Waals surface area (Å²) in [6.45, 7) is -0.209. The highest BCUT2D eigenvalue weighted by Gasteiger charge is 2.27. The summed E-state index contributed by atoms with van der Waals surface area (Å²) in [5, 5.41) is 0. The van der Waals surface area contributed by atoms with E-state index in [0.717, 1.165) is 16.7 Å². The average molecular weight is 386 g/mol. The van der Waals surface area contributed by atoms with Crippen molar-refractivity contribution in [2.45, 2.75) is 0 Å². The fourth-order valence-electron chi connectivity index (χ4n) is 3.01. The molecule has 3 aromatic rings. The lowest BCUT2D eigenvalue weighted by Crippen LogP contribution is -2.12. The van der Waals surface area contributed by atoms with Crippen LogP contribution in [0, 0.1) is 0 Å². The van der Waals surface area contributed by atoms with Gasteiger partial charge in [-0.3, -0.25) is 4.79 Å². The van der Waals surface area contributed by atoms with Gasteiger partial charge in [0.15, 0.2) is 12.4 Å². The quantitative estimate of drug-likeness (QED) is 0.477. The number of hydrogen-bond acceptors (Lipinski definition) is 5. The Morgan fingerprint density at radius 2 is 1.69 bits per heavy atom. The van der Waals surface area contributed by atoms with Gasteiger partial charge >= 0.3 is 5.97 Å². The van der Waals surface area contributed by atoms with Crippen molar-refractivity contribution in [1.82, 2.24) is 0 Å². The van der Waals surface area contributed by atoms with E-state index < -0.39 is 5.97 Å². The van der Waals surface area contributed by atoms with Crippen molar-refractivity contribution in [3.8, 4) is 22.6 Å². The molecule has 5 nitrogen and oxygen atoms in total. The van der Waals surface area contributed by atoms with Gasteiger partial charge in [0.25, 0.3) is 0 Å². The van der Waals surface area contributed by atoms with Crippen molar-refractivity contribution in [1.29, 1.82) is 0 Å². The molecule has 1 aliphatic rings. The Labute approximate surface area is 168 Å². The summed E-state index contributed by atoms with van der Waals surface area (Å²) in [5.74, 6) is 0.409. The molecule has 0 fully saturated rings. The van der Waals surface area contributed by atoms with Gasteiger partial charge in [-0.05, 0) is 34.9 Å². The predicted molar refractivity (Wildman–Crippen MR) is 109 cm³/mol. The fourth-order valence-corrected chi connectivity index (χ4v) is 3.01. The number of ketones is 1. The lowest BCUT2D eigenvalue weighted by atomic mass is 10.0. The minimum Gasteiger partial charge on any atom is -0.482 e. The normalized spacial score (nSPS) is 13.7. The van der Waals surface area contributed by atoms with Crippen LogP contribution in [0.5, 0.6) is 11.5 Å². The number of rotatable bonds is 5. The van der Waals surface area contributed by atoms with Crippen LogP contribution in [0.2, 0.25) is 0 Å². The SMILES string of the molecule is COC(=O)COc1ccc2c(c1)O/C(=C\c1ccc(-c3ccccc3)cc1)C2=O. The zero-order valence-electron chi connectivity index (χ0n) is 15.8. The number of allylic oxidation sites excluding steroid dienone is 1. The maximum atomic E-state index is 12.6. The van der Waals surface area contributed by atoms with Crippen molar-refractivity contribution >= 4 is 17.8 Å². The molecule has 0 aromatic heterocycles. The van der Waals surface area contributed by atoms with Gasteiger partial charge in [-0.25, -0.2) is 4.79 Å². The van der Waals surface area contributed by atoms with Gasteiger partial charge in [0.1, 0.15) is 11.5 Å². The van der Waals surface area contributed by atoms with E-state index in [-0.39, 0.29) is 18.1 Å². The van der Waals surface area contributed by atoms with Gasteiger partial charge in [0, 0.05) is 6.07 Å². The van der Waals surface area contributed by atoms with Crippen molar-refractivity contribution in [3.05, 3.63) is 89.7 Å². The number of carbonyl (C=O) groups is 2. The fraction of sp³-hybridized carbons (Fsp3) is 0.0833. The summed E-state index contributed by atoms with van der Waals surface area (Å²) in [6, 6.07) is 22.8. The van der Waals surface area contributed by atoms with E-state index in [1.54, 1.807) is 24.3 Å². The molecule has 0 N–H and O–H groups in total. The van der Waals surface area contributed by atoms with Crippen molar-refractivity contribution < 1.29 is 23.8 Å². The number of methoxy groups -OCH3 is 1. The summed E-state index contributed by atoms with van der Waals surface area (Å²) < 4.78 is 15.6. The van der Waals surface area contributed by atoms with Crippen LogP contribution in [0.4, 0.5) is 0 Å². The molecule has 0 bridgehead atoms. The van der Waals surface area contributed by atoms with Crippen molar-refractivity contribution in [2.24, 2.45) is 0 Å². The van der Waals surface area contributed by atoms with Crippen LogP contribution in [-0.2, 0) is 9.53 Å². The van der Waals surface area contributed by atoms with Crippen LogP contribution in [0.15, 0.2) is 78.6 Å². The molecule has 0 radical (unpaired) electrons. The van der Waals surface area contributed by atoms with E-state index in [1.807, 2.05) is 54.6 Å². The molecule has 0 spiro atoms. The topological polar surface area (TPSA) is 61.8 Å². The second-order valence-corrected chi connectivity index (χ2v) is 6.45. The molecule has 5 heteroatoms. The highest BCUT2D eigenvalue weighted by molar-refractivity contribution is 6.14. The van der Waals surface area contributed by atoms with Crippen LogP contribution in [-0.4, -0.2) is 25.5 Å². The van der Waals surface area contributed by atoms with Gasteiger partial charge in [0.05, 0.1) is 12.7 Å². The monoisotopic (exact) mass is 386 g/mol. The summed E-state index contributed by atoms with van der Waals surface area (Å²) in [6.07, 6.45) is 1.71. The largest absolute Gasteiger partial charge is 0.482 e. The average Bonchev–Trinajstić information content (AvgIpc) is 3.07. The van der Waals surface area contributed by atoms with Crippen molar-refractivity contribution in [2.75, 3.05) is 13.7 Å². The lowest BCUT2D eigenvalue weighted by Gasteiger charge is -2.05. The Bertz CT molecular complexity index is 1080. The zero-order valence-corrected chi connectivity index (χ0v) is 15.8. The predicted octanol–water partition coefficient (Wildman–Crippen LogP) is 4.52. The van der Waals surface area contributed by atoms with E-state index in [4.69, 9.17) is 9.47 Å². The molecule has 4 rings (SSSR count). The van der Waals surface area contributed by atoms with E-state index in [0.29, 0.717) is 17.1 Å². The van der Waals surface area contributed by atoms with Gasteiger partial charge in [0.2, 0.25) is 5.78 Å². The molecule has 0 aliphatic carbocycles. The first-order chi connectivity index (χ1) is 14.1. The molecular formula is C24H18O5. The Balaban J connectivity index is 1.51. The van der Waals surface area contributed by atoms with Gasteiger partial charge in [-0.2, -0.15) is 0 Å². The van der Waals surface area contributed by atoms with Gasteiger partial charge in [-0.15, -0.1) is 0 Å². The highest BCUT2D eigenvalue weighted by atomic mass is 16.6. The number of carbonyl (C=O) groups excluding carboxylic acids is 2. The minimum absolute atomic E-state index is 0.188. The maximum absolute atomic E-state index is 12.6. The van der Waals surface area contributed by atoms with Gasteiger partial charge in [-0.1, -0.05) is 54.6 Å². The Hall–Kier alpha value is -3.86. The number of fused-ring (bicyclic) bond motifs is 1. The molecule has 1 heterocycles. The molecule has 144 valence electrons. The molecule has 0 amide bonds. The summed E-state index contributed by atoms with van der Waals surface area (Å²) in [5.41, 5.74) is 3.56. The third-order valence-electron chi connectivity index (χ3n) is 4.54. The van der Waals surface area contributed by atoms with Crippen LogP contribution >= 0.6 is 0 Å². The molecule has 0 atom stereocenters. The van der Waals surface area contributed by atoms with Crippen LogP contribution < -0.4 is 9.47 Å². The van der Waals surface area contributed by atoms with Crippen LogP contribution in [0.3, 0.4) is 0 Å². The van der Waals surface area contributed by atoms with Gasteiger partial charge < -0.3 is 14.2 Å². The summed E-state index contributed by atoms with van der Waals surface area (Å²) >= 11 is 0. The van der Waals surface area contributed by atoms with Crippen LogP contribution in [0.25, 0.3) is 17.2 Å². The Kier molecular flexibility index (Phi) is 5.12. The summed E-state index contributed by atoms with van der Waals surface area (Å²) in [4.78, 5) is 23.8. The van der Waals surface area contributed by atoms with E-state index in [1.165, 1.54) is 7.11 Å². The first-order valence-corrected chi connectivity index (χ1v) is 9.07. The first kappa shape index (κ1) is 18.5. The first-order valence-electron chi connectivity index (χ1n) is 9.07. The molecule has 0 unspecified atom stereocenters. The summed E-state index contributed by atoms with van der Waals surface area (Å²) in [7, 11) is 1.29. The number of hydrogen-bond donors (Lipinski definition) is 0. The second kappa shape index (κ2) is 8.02.